The molecule has 0 radical (unpaired) electrons. The van der Waals surface area contributed by atoms with Gasteiger partial charge < -0.3 is 30.3 Å². The van der Waals surface area contributed by atoms with Crippen LogP contribution in [-0.4, -0.2) is 85.0 Å². The van der Waals surface area contributed by atoms with Gasteiger partial charge in [-0.25, -0.2) is 0 Å². The monoisotopic (exact) mass is 560 g/mol. The molecule has 224 valence electrons. The fraction of sp³-hybridized carbons (Fsp3) is 0.600. The molecule has 3 amide bonds. The largest absolute Gasteiger partial charge is 0.460 e. The lowest BCUT2D eigenvalue weighted by Crippen LogP contribution is -2.59. The smallest absolute Gasteiger partial charge is 0.325 e. The molecule has 0 saturated heterocycles. The molecule has 4 atom stereocenters. The molecule has 0 aliphatic rings. The lowest BCUT2D eigenvalue weighted by Gasteiger charge is -2.34. The molecule has 0 aromatic heterocycles. The highest BCUT2D eigenvalue weighted by molar-refractivity contribution is 5.94. The molecule has 40 heavy (non-hydrogen) atoms. The second-order valence-corrected chi connectivity index (χ2v) is 11.0. The zero-order valence-electron chi connectivity index (χ0n) is 25.1. The van der Waals surface area contributed by atoms with Crippen LogP contribution in [-0.2, 0) is 35.3 Å². The molecule has 10 heteroatoms. The van der Waals surface area contributed by atoms with Crippen LogP contribution in [0.3, 0.4) is 0 Å². The second-order valence-electron chi connectivity index (χ2n) is 11.0. The molecule has 0 fully saturated rings. The molecular formula is C30H48N4O6. The minimum absolute atomic E-state index is 0.0216. The average molecular weight is 561 g/mol. The third-order valence-electron chi connectivity index (χ3n) is 6.35. The first-order valence-corrected chi connectivity index (χ1v) is 13.8. The van der Waals surface area contributed by atoms with E-state index >= 15 is 0 Å². The molecule has 0 heterocycles. The minimum atomic E-state index is -1.13. The van der Waals surface area contributed by atoms with Crippen LogP contribution in [0.4, 0.5) is 0 Å². The van der Waals surface area contributed by atoms with Gasteiger partial charge in [-0.15, -0.1) is 0 Å². The first-order chi connectivity index (χ1) is 18.8. The Morgan fingerprint density at radius 2 is 1.57 bits per heavy atom. The first kappa shape index (κ1) is 34.8. The Hall–Kier alpha value is -3.24. The maximum Gasteiger partial charge on any atom is 0.325 e. The van der Waals surface area contributed by atoms with Gasteiger partial charge in [0.05, 0.1) is 18.8 Å². The predicted molar refractivity (Wildman–Crippen MR) is 155 cm³/mol. The van der Waals surface area contributed by atoms with E-state index < -0.39 is 42.0 Å². The number of esters is 1. The van der Waals surface area contributed by atoms with Crippen LogP contribution in [0, 0.1) is 11.8 Å². The molecule has 0 saturated carbocycles. The van der Waals surface area contributed by atoms with Crippen molar-refractivity contribution in [3.8, 4) is 0 Å². The highest BCUT2D eigenvalue weighted by Gasteiger charge is 2.36. The van der Waals surface area contributed by atoms with E-state index in [-0.39, 0.29) is 37.5 Å². The number of nitrogens with one attached hydrogen (secondary N) is 1. The number of nitrogens with zero attached hydrogens (tertiary/aromatic N) is 2. The molecule has 1 aromatic rings. The van der Waals surface area contributed by atoms with Gasteiger partial charge in [0.25, 0.3) is 0 Å². The standard InChI is InChI=1S/C30H48N4O6/c1-9-15-39-26(35)18-33(7)30(38)27(22(6)40-19-23-13-11-10-12-14-23)32-28(36)25(17-21(4)5)34(8)29(37)24(31)16-20(2)3/h9-14,20-22,24-25,27H,1,15-19,31H2,2-8H3,(H,32,36)/t22-,24+,25+,27+/m1/s1. The summed E-state index contributed by atoms with van der Waals surface area (Å²) in [7, 11) is 3.01. The number of rotatable bonds is 17. The van der Waals surface area contributed by atoms with E-state index in [0.29, 0.717) is 12.8 Å². The van der Waals surface area contributed by atoms with Crippen molar-refractivity contribution in [3.05, 3.63) is 48.6 Å². The predicted octanol–water partition coefficient (Wildman–Crippen LogP) is 2.51. The summed E-state index contributed by atoms with van der Waals surface area (Å²) in [5, 5.41) is 2.81. The number of hydrogen-bond donors (Lipinski definition) is 2. The van der Waals surface area contributed by atoms with Gasteiger partial charge in [0.15, 0.2) is 0 Å². The van der Waals surface area contributed by atoms with Crippen LogP contribution in [0.25, 0.3) is 0 Å². The van der Waals surface area contributed by atoms with Crippen LogP contribution in [0.5, 0.6) is 0 Å². The minimum Gasteiger partial charge on any atom is -0.460 e. The topological polar surface area (TPSA) is 131 Å². The summed E-state index contributed by atoms with van der Waals surface area (Å²) in [5.74, 6) is -1.69. The van der Waals surface area contributed by atoms with E-state index in [1.54, 1.807) is 14.0 Å². The normalized spacial score (nSPS) is 14.2. The van der Waals surface area contributed by atoms with Crippen LogP contribution in [0.2, 0.25) is 0 Å². The zero-order valence-corrected chi connectivity index (χ0v) is 25.1. The Morgan fingerprint density at radius 3 is 2.12 bits per heavy atom. The van der Waals surface area contributed by atoms with Gasteiger partial charge >= 0.3 is 5.97 Å². The molecule has 0 spiro atoms. The summed E-state index contributed by atoms with van der Waals surface area (Å²) < 4.78 is 11.0. The second kappa shape index (κ2) is 17.5. The van der Waals surface area contributed by atoms with Gasteiger partial charge in [-0.2, -0.15) is 0 Å². The Kier molecular flexibility index (Phi) is 15.2. The maximum atomic E-state index is 13.7. The Labute approximate surface area is 239 Å². The number of carbonyl (C=O) groups is 4. The summed E-state index contributed by atoms with van der Waals surface area (Å²) in [6.45, 7) is 12.9. The summed E-state index contributed by atoms with van der Waals surface area (Å²) in [6.07, 6.45) is 1.53. The third kappa shape index (κ3) is 11.9. The number of hydrogen-bond acceptors (Lipinski definition) is 7. The summed E-state index contributed by atoms with van der Waals surface area (Å²) in [4.78, 5) is 55.0. The van der Waals surface area contributed by atoms with Crippen molar-refractivity contribution in [2.45, 2.75) is 78.3 Å². The molecule has 10 nitrogen and oxygen atoms in total. The van der Waals surface area contributed by atoms with Crippen molar-refractivity contribution in [2.24, 2.45) is 17.6 Å². The number of benzene rings is 1. The zero-order chi connectivity index (χ0) is 30.4. The van der Waals surface area contributed by atoms with E-state index in [4.69, 9.17) is 15.2 Å². The number of carbonyl (C=O) groups excluding carboxylic acids is 4. The first-order valence-electron chi connectivity index (χ1n) is 13.8. The number of nitrogens with two attached hydrogens (primary N) is 1. The Balaban J connectivity index is 3.19. The SMILES string of the molecule is C=CCOC(=O)CN(C)C(=O)[C@@H](NC(=O)[C@H](CC(C)C)N(C)C(=O)[C@@H](N)CC(C)C)[C@@H](C)OCc1ccccc1. The highest BCUT2D eigenvalue weighted by atomic mass is 16.5. The summed E-state index contributed by atoms with van der Waals surface area (Å²) >= 11 is 0. The summed E-state index contributed by atoms with van der Waals surface area (Å²) in [6, 6.07) is 6.70. The quantitative estimate of drug-likeness (QED) is 0.221. The van der Waals surface area contributed by atoms with Gasteiger partial charge in [-0.1, -0.05) is 70.7 Å². The third-order valence-corrected chi connectivity index (χ3v) is 6.35. The van der Waals surface area contributed by atoms with E-state index in [2.05, 4.69) is 11.9 Å². The lowest BCUT2D eigenvalue weighted by atomic mass is 9.98. The van der Waals surface area contributed by atoms with Gasteiger partial charge in [-0.3, -0.25) is 19.2 Å². The van der Waals surface area contributed by atoms with Gasteiger partial charge in [0.1, 0.15) is 25.2 Å². The van der Waals surface area contributed by atoms with Crippen molar-refractivity contribution in [3.63, 3.8) is 0 Å². The van der Waals surface area contributed by atoms with Gasteiger partial charge in [0.2, 0.25) is 17.7 Å². The molecular weight excluding hydrogens is 512 g/mol. The van der Waals surface area contributed by atoms with E-state index in [9.17, 15) is 19.2 Å². The average Bonchev–Trinajstić information content (AvgIpc) is 2.90. The van der Waals surface area contributed by atoms with Gasteiger partial charge in [-0.05, 0) is 37.2 Å². The van der Waals surface area contributed by atoms with Crippen molar-refractivity contribution in [2.75, 3.05) is 27.2 Å². The Bertz CT molecular complexity index is 968. The number of likely N-dealkylation sites (N-methyl/N-ethyl adjacent to an activating group) is 2. The van der Waals surface area contributed by atoms with Gasteiger partial charge in [0, 0.05) is 14.1 Å². The van der Waals surface area contributed by atoms with Crippen molar-refractivity contribution in [1.82, 2.24) is 15.1 Å². The van der Waals surface area contributed by atoms with E-state index in [0.717, 1.165) is 5.56 Å². The van der Waals surface area contributed by atoms with Crippen LogP contribution in [0.15, 0.2) is 43.0 Å². The molecule has 3 N–H and O–H groups in total. The molecule has 0 aliphatic carbocycles. The van der Waals surface area contributed by atoms with Crippen LogP contribution >= 0.6 is 0 Å². The fourth-order valence-electron chi connectivity index (χ4n) is 4.15. The summed E-state index contributed by atoms with van der Waals surface area (Å²) in [5.41, 5.74) is 7.05. The van der Waals surface area contributed by atoms with Crippen molar-refractivity contribution in [1.29, 1.82) is 0 Å². The molecule has 0 unspecified atom stereocenters. The highest BCUT2D eigenvalue weighted by Crippen LogP contribution is 2.16. The van der Waals surface area contributed by atoms with Crippen LogP contribution in [0.1, 0.15) is 53.0 Å². The number of amides is 3. The molecule has 0 aliphatic heterocycles. The van der Waals surface area contributed by atoms with Crippen LogP contribution < -0.4 is 11.1 Å². The van der Waals surface area contributed by atoms with E-state index in [1.165, 1.54) is 22.9 Å². The van der Waals surface area contributed by atoms with Crippen molar-refractivity contribution >= 4 is 23.7 Å². The van der Waals surface area contributed by atoms with Crippen molar-refractivity contribution < 1.29 is 28.7 Å². The van der Waals surface area contributed by atoms with E-state index in [1.807, 2.05) is 58.0 Å². The fourth-order valence-corrected chi connectivity index (χ4v) is 4.15. The molecule has 1 aromatic carbocycles. The molecule has 1 rings (SSSR count). The Morgan fingerprint density at radius 1 is 0.975 bits per heavy atom. The maximum absolute atomic E-state index is 13.7. The molecule has 0 bridgehead atoms. The lowest BCUT2D eigenvalue weighted by molar-refractivity contribution is -0.150. The number of ether oxygens (including phenoxy) is 2.